The van der Waals surface area contributed by atoms with Crippen LogP contribution in [0, 0.1) is 0 Å². The molecule has 2 nitrogen and oxygen atoms in total. The number of aliphatic hydroxyl groups is 2. The molecule has 1 heterocycles. The van der Waals surface area contributed by atoms with Gasteiger partial charge < -0.3 is 10.2 Å². The second-order valence-corrected chi connectivity index (χ2v) is 3.65. The molecule has 0 amide bonds. The van der Waals surface area contributed by atoms with Gasteiger partial charge in [0.2, 0.25) is 0 Å². The van der Waals surface area contributed by atoms with Crippen molar-refractivity contribution < 1.29 is 10.2 Å². The number of benzene rings is 1. The Morgan fingerprint density at radius 2 is 1.91 bits per heavy atom. The maximum Gasteiger partial charge on any atom is 0.134 e. The van der Waals surface area contributed by atoms with Crippen LogP contribution in [0.3, 0.4) is 0 Å². The van der Waals surface area contributed by atoms with Gasteiger partial charge in [0.15, 0.2) is 0 Å². The monoisotopic (exact) mass is 168 g/mol. The zero-order valence-corrected chi connectivity index (χ0v) is 6.58. The van der Waals surface area contributed by atoms with Gasteiger partial charge in [0, 0.05) is 4.90 Å². The van der Waals surface area contributed by atoms with Crippen molar-refractivity contribution in [3.8, 4) is 0 Å². The zero-order chi connectivity index (χ0) is 7.84. The Kier molecular flexibility index (Phi) is 1.64. The first-order valence-electron chi connectivity index (χ1n) is 3.41. The number of aliphatic hydroxyl groups excluding tert-OH is 2. The Morgan fingerprint density at radius 3 is 2.64 bits per heavy atom. The molecule has 0 bridgehead atoms. The van der Waals surface area contributed by atoms with Crippen LogP contribution in [0.15, 0.2) is 29.2 Å². The zero-order valence-electron chi connectivity index (χ0n) is 5.77. The van der Waals surface area contributed by atoms with E-state index >= 15 is 0 Å². The summed E-state index contributed by atoms with van der Waals surface area (Å²) < 4.78 is 0. The minimum atomic E-state index is -0.712. The summed E-state index contributed by atoms with van der Waals surface area (Å²) in [7, 11) is 0. The standard InChI is InChI=1S/C8H8O2S/c9-7-5-3-1-2-4-6(5)11-8(7)10/h1-4,7-10H/t7-,8+/m1/s1. The van der Waals surface area contributed by atoms with Gasteiger partial charge in [-0.15, -0.1) is 0 Å². The molecule has 3 heteroatoms. The van der Waals surface area contributed by atoms with E-state index in [2.05, 4.69) is 0 Å². The molecule has 2 N–H and O–H groups in total. The highest BCUT2D eigenvalue weighted by molar-refractivity contribution is 8.00. The van der Waals surface area contributed by atoms with Crippen molar-refractivity contribution in [2.45, 2.75) is 16.4 Å². The Morgan fingerprint density at radius 1 is 1.18 bits per heavy atom. The number of rotatable bonds is 0. The average Bonchev–Trinajstić information content (AvgIpc) is 2.30. The van der Waals surface area contributed by atoms with Crippen LogP contribution in [0.25, 0.3) is 0 Å². The van der Waals surface area contributed by atoms with Crippen LogP contribution in [0.1, 0.15) is 11.7 Å². The number of fused-ring (bicyclic) bond motifs is 1. The maximum absolute atomic E-state index is 9.38. The van der Waals surface area contributed by atoms with Gasteiger partial charge in [-0.1, -0.05) is 30.0 Å². The van der Waals surface area contributed by atoms with Crippen molar-refractivity contribution >= 4 is 11.8 Å². The quantitative estimate of drug-likeness (QED) is 0.610. The number of hydrogen-bond acceptors (Lipinski definition) is 3. The van der Waals surface area contributed by atoms with Crippen molar-refractivity contribution in [3.05, 3.63) is 29.8 Å². The van der Waals surface area contributed by atoms with Gasteiger partial charge in [-0.2, -0.15) is 0 Å². The van der Waals surface area contributed by atoms with Crippen LogP contribution in [0.2, 0.25) is 0 Å². The summed E-state index contributed by atoms with van der Waals surface area (Å²) in [4.78, 5) is 0.979. The van der Waals surface area contributed by atoms with E-state index in [0.717, 1.165) is 10.5 Å². The van der Waals surface area contributed by atoms with Gasteiger partial charge in [0.1, 0.15) is 11.5 Å². The topological polar surface area (TPSA) is 40.5 Å². The summed E-state index contributed by atoms with van der Waals surface area (Å²) in [5.74, 6) is 0. The molecular formula is C8H8O2S. The molecule has 0 saturated heterocycles. The fourth-order valence-electron chi connectivity index (χ4n) is 1.18. The van der Waals surface area contributed by atoms with E-state index in [1.807, 2.05) is 24.3 Å². The fourth-order valence-corrected chi connectivity index (χ4v) is 2.20. The van der Waals surface area contributed by atoms with Crippen molar-refractivity contribution in [1.82, 2.24) is 0 Å². The number of thioether (sulfide) groups is 1. The Labute approximate surface area is 68.9 Å². The molecule has 0 aromatic heterocycles. The first-order valence-corrected chi connectivity index (χ1v) is 4.29. The van der Waals surface area contributed by atoms with Crippen LogP contribution < -0.4 is 0 Å². The van der Waals surface area contributed by atoms with E-state index in [9.17, 15) is 10.2 Å². The summed E-state index contributed by atoms with van der Waals surface area (Å²) in [6, 6.07) is 7.50. The highest BCUT2D eigenvalue weighted by Crippen LogP contribution is 2.42. The minimum Gasteiger partial charge on any atom is -0.385 e. The van der Waals surface area contributed by atoms with Gasteiger partial charge in [-0.25, -0.2) is 0 Å². The molecule has 0 radical (unpaired) electrons. The third-order valence-corrected chi connectivity index (χ3v) is 2.88. The van der Waals surface area contributed by atoms with E-state index in [-0.39, 0.29) is 0 Å². The lowest BCUT2D eigenvalue weighted by Crippen LogP contribution is -2.06. The Hall–Kier alpha value is -0.510. The summed E-state index contributed by atoms with van der Waals surface area (Å²) in [5, 5.41) is 18.6. The molecule has 58 valence electrons. The van der Waals surface area contributed by atoms with Crippen LogP contribution >= 0.6 is 11.8 Å². The molecule has 0 unspecified atom stereocenters. The normalized spacial score (nSPS) is 28.5. The van der Waals surface area contributed by atoms with E-state index in [1.165, 1.54) is 11.8 Å². The van der Waals surface area contributed by atoms with E-state index in [4.69, 9.17) is 0 Å². The molecule has 1 aromatic carbocycles. The summed E-state index contributed by atoms with van der Waals surface area (Å²) in [5.41, 5.74) is 0.150. The largest absolute Gasteiger partial charge is 0.385 e. The lowest BCUT2D eigenvalue weighted by Gasteiger charge is -2.05. The smallest absolute Gasteiger partial charge is 0.134 e. The van der Waals surface area contributed by atoms with Crippen molar-refractivity contribution in [1.29, 1.82) is 0 Å². The predicted octanol–water partition coefficient (Wildman–Crippen LogP) is 1.14. The molecule has 0 saturated carbocycles. The van der Waals surface area contributed by atoms with Crippen LogP contribution in [-0.4, -0.2) is 15.6 Å². The maximum atomic E-state index is 9.38. The minimum absolute atomic E-state index is 0.688. The second kappa shape index (κ2) is 2.52. The molecule has 2 rings (SSSR count). The lowest BCUT2D eigenvalue weighted by molar-refractivity contribution is 0.0772. The van der Waals surface area contributed by atoms with Crippen LogP contribution in [0.4, 0.5) is 0 Å². The molecule has 1 aliphatic heterocycles. The highest BCUT2D eigenvalue weighted by atomic mass is 32.2. The fraction of sp³-hybridized carbons (Fsp3) is 0.250. The van der Waals surface area contributed by atoms with Crippen LogP contribution in [-0.2, 0) is 0 Å². The van der Waals surface area contributed by atoms with E-state index in [1.54, 1.807) is 0 Å². The van der Waals surface area contributed by atoms with Crippen molar-refractivity contribution in [2.75, 3.05) is 0 Å². The van der Waals surface area contributed by atoms with Crippen molar-refractivity contribution in [2.24, 2.45) is 0 Å². The van der Waals surface area contributed by atoms with Crippen molar-refractivity contribution in [3.63, 3.8) is 0 Å². The van der Waals surface area contributed by atoms with E-state index < -0.39 is 11.5 Å². The van der Waals surface area contributed by atoms with Gasteiger partial charge in [-0.05, 0) is 11.6 Å². The van der Waals surface area contributed by atoms with Gasteiger partial charge in [0.25, 0.3) is 0 Å². The lowest BCUT2D eigenvalue weighted by atomic mass is 10.1. The second-order valence-electron chi connectivity index (χ2n) is 2.49. The first kappa shape index (κ1) is 7.16. The summed E-state index contributed by atoms with van der Waals surface area (Å²) in [6.45, 7) is 0. The summed E-state index contributed by atoms with van der Waals surface area (Å²) >= 11 is 1.30. The highest BCUT2D eigenvalue weighted by Gasteiger charge is 2.29. The van der Waals surface area contributed by atoms with E-state index in [0.29, 0.717) is 0 Å². The van der Waals surface area contributed by atoms with Gasteiger partial charge >= 0.3 is 0 Å². The van der Waals surface area contributed by atoms with Gasteiger partial charge in [-0.3, -0.25) is 0 Å². The third kappa shape index (κ3) is 1.05. The third-order valence-electron chi connectivity index (χ3n) is 1.76. The average molecular weight is 168 g/mol. The molecule has 11 heavy (non-hydrogen) atoms. The predicted molar refractivity (Wildman–Crippen MR) is 43.3 cm³/mol. The molecule has 1 aliphatic rings. The molecule has 2 atom stereocenters. The SMILES string of the molecule is O[C@@H]1c2ccccc2S[C@@H]1O. The molecule has 0 aliphatic carbocycles. The Bertz CT molecular complexity index is 275. The molecular weight excluding hydrogens is 160 g/mol. The van der Waals surface area contributed by atoms with Gasteiger partial charge in [0.05, 0.1) is 0 Å². The first-order chi connectivity index (χ1) is 5.29. The molecule has 0 fully saturated rings. The number of hydrogen-bond donors (Lipinski definition) is 2. The summed E-state index contributed by atoms with van der Waals surface area (Å²) in [6.07, 6.45) is -0.712. The molecule has 1 aromatic rings. The van der Waals surface area contributed by atoms with Crippen LogP contribution in [0.5, 0.6) is 0 Å². The Balaban J connectivity index is 2.47. The molecule has 0 spiro atoms.